The Kier molecular flexibility index (Phi) is 3.02. The SMILES string of the molecule is Cc1ccc2c(N)c3c(nc2c1Br)CCCCC3. The molecule has 1 aliphatic carbocycles. The minimum atomic E-state index is 0.942. The molecule has 0 bridgehead atoms. The van der Waals surface area contributed by atoms with E-state index in [4.69, 9.17) is 10.7 Å². The highest BCUT2D eigenvalue weighted by atomic mass is 79.9. The van der Waals surface area contributed by atoms with Gasteiger partial charge in [-0.1, -0.05) is 18.6 Å². The number of nitrogens with zero attached hydrogens (tertiary/aromatic N) is 1. The zero-order valence-corrected chi connectivity index (χ0v) is 12.2. The van der Waals surface area contributed by atoms with E-state index in [-0.39, 0.29) is 0 Å². The Bertz CT molecular complexity index is 620. The number of benzene rings is 1. The van der Waals surface area contributed by atoms with Crippen LogP contribution in [0, 0.1) is 6.92 Å². The van der Waals surface area contributed by atoms with Crippen LogP contribution in [0.2, 0.25) is 0 Å². The number of aromatic nitrogens is 1. The van der Waals surface area contributed by atoms with Gasteiger partial charge in [-0.3, -0.25) is 4.98 Å². The summed E-state index contributed by atoms with van der Waals surface area (Å²) < 4.78 is 1.08. The Balaban J connectivity index is 2.34. The number of hydrogen-bond acceptors (Lipinski definition) is 2. The van der Waals surface area contributed by atoms with E-state index >= 15 is 0 Å². The molecule has 3 rings (SSSR count). The summed E-state index contributed by atoms with van der Waals surface area (Å²) in [5, 5.41) is 1.09. The topological polar surface area (TPSA) is 38.9 Å². The lowest BCUT2D eigenvalue weighted by molar-refractivity contribution is 0.709. The van der Waals surface area contributed by atoms with Gasteiger partial charge in [-0.25, -0.2) is 0 Å². The van der Waals surface area contributed by atoms with Crippen LogP contribution in [0.3, 0.4) is 0 Å². The fourth-order valence-electron chi connectivity index (χ4n) is 2.77. The fraction of sp³-hybridized carbons (Fsp3) is 0.400. The molecule has 0 saturated heterocycles. The van der Waals surface area contributed by atoms with E-state index in [0.717, 1.165) is 33.9 Å². The zero-order chi connectivity index (χ0) is 12.7. The first-order valence-electron chi connectivity index (χ1n) is 6.54. The summed E-state index contributed by atoms with van der Waals surface area (Å²) in [7, 11) is 0. The number of anilines is 1. The number of aryl methyl sites for hydroxylation is 2. The monoisotopic (exact) mass is 304 g/mol. The van der Waals surface area contributed by atoms with E-state index < -0.39 is 0 Å². The number of fused-ring (bicyclic) bond motifs is 2. The van der Waals surface area contributed by atoms with Gasteiger partial charge < -0.3 is 5.73 Å². The van der Waals surface area contributed by atoms with Crippen molar-refractivity contribution in [3.8, 4) is 0 Å². The van der Waals surface area contributed by atoms with Crippen LogP contribution in [0.1, 0.15) is 36.1 Å². The Morgan fingerprint density at radius 3 is 2.78 bits per heavy atom. The lowest BCUT2D eigenvalue weighted by atomic mass is 10.0. The molecule has 2 aromatic rings. The molecule has 0 fully saturated rings. The Labute approximate surface area is 116 Å². The van der Waals surface area contributed by atoms with E-state index in [9.17, 15) is 0 Å². The van der Waals surface area contributed by atoms with Gasteiger partial charge in [0.15, 0.2) is 0 Å². The van der Waals surface area contributed by atoms with Gasteiger partial charge in [0.1, 0.15) is 0 Å². The summed E-state index contributed by atoms with van der Waals surface area (Å²) in [6, 6.07) is 4.20. The summed E-state index contributed by atoms with van der Waals surface area (Å²) in [5.74, 6) is 0. The van der Waals surface area contributed by atoms with Crippen molar-refractivity contribution in [3.63, 3.8) is 0 Å². The van der Waals surface area contributed by atoms with Crippen molar-refractivity contribution in [2.24, 2.45) is 0 Å². The van der Waals surface area contributed by atoms with Crippen LogP contribution in [-0.2, 0) is 12.8 Å². The van der Waals surface area contributed by atoms with Crippen molar-refractivity contribution in [1.29, 1.82) is 0 Å². The Morgan fingerprint density at radius 2 is 1.94 bits per heavy atom. The molecule has 0 spiro atoms. The molecule has 94 valence electrons. The van der Waals surface area contributed by atoms with Crippen LogP contribution in [0.5, 0.6) is 0 Å². The first kappa shape index (κ1) is 12.0. The highest BCUT2D eigenvalue weighted by Gasteiger charge is 2.16. The summed E-state index contributed by atoms with van der Waals surface area (Å²) in [6.45, 7) is 2.09. The number of pyridine rings is 1. The van der Waals surface area contributed by atoms with Crippen molar-refractivity contribution in [2.75, 3.05) is 5.73 Å². The highest BCUT2D eigenvalue weighted by molar-refractivity contribution is 9.10. The molecule has 0 saturated carbocycles. The predicted molar refractivity (Wildman–Crippen MR) is 79.9 cm³/mol. The third kappa shape index (κ3) is 1.81. The fourth-order valence-corrected chi connectivity index (χ4v) is 3.20. The maximum atomic E-state index is 6.37. The normalized spacial score (nSPS) is 15.4. The summed E-state index contributed by atoms with van der Waals surface area (Å²) in [6.07, 6.45) is 5.89. The molecule has 0 radical (unpaired) electrons. The molecule has 18 heavy (non-hydrogen) atoms. The molecule has 3 heteroatoms. The molecule has 1 aromatic carbocycles. The van der Waals surface area contributed by atoms with Crippen molar-refractivity contribution in [2.45, 2.75) is 39.0 Å². The van der Waals surface area contributed by atoms with E-state index in [1.165, 1.54) is 36.1 Å². The van der Waals surface area contributed by atoms with Crippen LogP contribution in [0.15, 0.2) is 16.6 Å². The molecular weight excluding hydrogens is 288 g/mol. The van der Waals surface area contributed by atoms with Gasteiger partial charge >= 0.3 is 0 Å². The van der Waals surface area contributed by atoms with E-state index in [1.807, 2.05) is 0 Å². The van der Waals surface area contributed by atoms with Crippen molar-refractivity contribution >= 4 is 32.5 Å². The van der Waals surface area contributed by atoms with Gasteiger partial charge in [0.05, 0.1) is 5.52 Å². The summed E-state index contributed by atoms with van der Waals surface area (Å²) >= 11 is 3.64. The molecular formula is C15H17BrN2. The van der Waals surface area contributed by atoms with Crippen molar-refractivity contribution in [1.82, 2.24) is 4.98 Å². The number of hydrogen-bond donors (Lipinski definition) is 1. The minimum Gasteiger partial charge on any atom is -0.398 e. The zero-order valence-electron chi connectivity index (χ0n) is 10.6. The van der Waals surface area contributed by atoms with Crippen molar-refractivity contribution in [3.05, 3.63) is 33.4 Å². The quantitative estimate of drug-likeness (QED) is 0.742. The van der Waals surface area contributed by atoms with E-state index in [1.54, 1.807) is 0 Å². The van der Waals surface area contributed by atoms with Gasteiger partial charge in [0, 0.05) is 21.2 Å². The highest BCUT2D eigenvalue weighted by Crippen LogP contribution is 2.34. The number of rotatable bonds is 0. The summed E-state index contributed by atoms with van der Waals surface area (Å²) in [5.41, 5.74) is 12.0. The van der Waals surface area contributed by atoms with Gasteiger partial charge in [0.25, 0.3) is 0 Å². The smallest absolute Gasteiger partial charge is 0.0870 e. The van der Waals surface area contributed by atoms with Crippen LogP contribution in [0.25, 0.3) is 10.9 Å². The van der Waals surface area contributed by atoms with Gasteiger partial charge in [-0.05, 0) is 59.7 Å². The third-order valence-corrected chi connectivity index (χ3v) is 4.86. The largest absolute Gasteiger partial charge is 0.398 e. The first-order chi connectivity index (χ1) is 8.68. The molecule has 1 heterocycles. The van der Waals surface area contributed by atoms with Crippen LogP contribution >= 0.6 is 15.9 Å². The molecule has 2 N–H and O–H groups in total. The van der Waals surface area contributed by atoms with Gasteiger partial charge in [0.2, 0.25) is 0 Å². The average Bonchev–Trinajstić information content (AvgIpc) is 2.60. The molecule has 2 nitrogen and oxygen atoms in total. The van der Waals surface area contributed by atoms with E-state index in [0.29, 0.717) is 0 Å². The van der Waals surface area contributed by atoms with Gasteiger partial charge in [-0.15, -0.1) is 0 Å². The number of nitrogen functional groups attached to an aromatic ring is 1. The minimum absolute atomic E-state index is 0.942. The second kappa shape index (κ2) is 4.54. The Morgan fingerprint density at radius 1 is 1.17 bits per heavy atom. The van der Waals surface area contributed by atoms with Crippen LogP contribution < -0.4 is 5.73 Å². The standard InChI is InChI=1S/C15H17BrN2/c1-9-7-8-11-14(17)10-5-3-2-4-6-12(10)18-15(11)13(9)16/h7-8H,2-6H2,1H3,(H2,17,18). The maximum Gasteiger partial charge on any atom is 0.0870 e. The van der Waals surface area contributed by atoms with Gasteiger partial charge in [-0.2, -0.15) is 0 Å². The lowest BCUT2D eigenvalue weighted by Gasteiger charge is -2.13. The first-order valence-corrected chi connectivity index (χ1v) is 7.34. The van der Waals surface area contributed by atoms with E-state index in [2.05, 4.69) is 35.0 Å². The van der Waals surface area contributed by atoms with Crippen LogP contribution in [0.4, 0.5) is 5.69 Å². The third-order valence-electron chi connectivity index (χ3n) is 3.86. The number of nitrogens with two attached hydrogens (primary N) is 1. The second-order valence-electron chi connectivity index (χ2n) is 5.10. The average molecular weight is 305 g/mol. The number of halogens is 1. The Hall–Kier alpha value is -1.09. The second-order valence-corrected chi connectivity index (χ2v) is 5.90. The summed E-state index contributed by atoms with van der Waals surface area (Å²) in [4.78, 5) is 4.87. The molecule has 1 aliphatic rings. The molecule has 0 atom stereocenters. The maximum absolute atomic E-state index is 6.37. The molecule has 0 amide bonds. The lowest BCUT2D eigenvalue weighted by Crippen LogP contribution is -2.03. The molecule has 1 aromatic heterocycles. The van der Waals surface area contributed by atoms with Crippen LogP contribution in [-0.4, -0.2) is 4.98 Å². The molecule has 0 unspecified atom stereocenters. The molecule has 0 aliphatic heterocycles. The van der Waals surface area contributed by atoms with Crippen molar-refractivity contribution < 1.29 is 0 Å². The predicted octanol–water partition coefficient (Wildman–Crippen LogP) is 4.16.